The molecule has 0 spiro atoms. The lowest BCUT2D eigenvalue weighted by Gasteiger charge is -2.31. The lowest BCUT2D eigenvalue weighted by Crippen LogP contribution is -2.35. The molecule has 110 valence electrons. The number of rotatable bonds is 7. The van der Waals surface area contributed by atoms with Crippen molar-refractivity contribution in [3.8, 4) is 0 Å². The summed E-state index contributed by atoms with van der Waals surface area (Å²) in [6.07, 6.45) is 7.60. The van der Waals surface area contributed by atoms with Crippen molar-refractivity contribution >= 4 is 0 Å². The zero-order valence-corrected chi connectivity index (χ0v) is 13.5. The quantitative estimate of drug-likeness (QED) is 0.819. The fraction of sp³-hybridized carbons (Fsp3) is 0.812. The van der Waals surface area contributed by atoms with Crippen molar-refractivity contribution in [2.75, 3.05) is 6.54 Å². The van der Waals surface area contributed by atoms with Crippen LogP contribution in [0.15, 0.2) is 12.4 Å². The third kappa shape index (κ3) is 5.77. The summed E-state index contributed by atoms with van der Waals surface area (Å²) in [7, 11) is 1.98. The summed E-state index contributed by atoms with van der Waals surface area (Å²) >= 11 is 0. The Morgan fingerprint density at radius 3 is 2.53 bits per heavy atom. The molecule has 0 amide bonds. The molecule has 1 heterocycles. The van der Waals surface area contributed by atoms with Gasteiger partial charge in [-0.3, -0.25) is 4.68 Å². The van der Waals surface area contributed by atoms with Gasteiger partial charge in [-0.2, -0.15) is 5.10 Å². The van der Waals surface area contributed by atoms with Gasteiger partial charge in [0.2, 0.25) is 0 Å². The van der Waals surface area contributed by atoms with Crippen LogP contribution in [0.25, 0.3) is 0 Å². The Bertz CT molecular complexity index is 362. The molecule has 0 aromatic carbocycles. The van der Waals surface area contributed by atoms with Crippen molar-refractivity contribution in [3.63, 3.8) is 0 Å². The third-order valence-corrected chi connectivity index (χ3v) is 4.04. The summed E-state index contributed by atoms with van der Waals surface area (Å²) in [5.41, 5.74) is 1.71. The van der Waals surface area contributed by atoms with Crippen LogP contribution in [-0.2, 0) is 13.5 Å². The summed E-state index contributed by atoms with van der Waals surface area (Å²) in [6, 6.07) is 0.554. The van der Waals surface area contributed by atoms with Gasteiger partial charge < -0.3 is 5.32 Å². The van der Waals surface area contributed by atoms with Gasteiger partial charge in [-0.05, 0) is 42.7 Å². The second-order valence-corrected chi connectivity index (χ2v) is 6.88. The molecule has 0 saturated heterocycles. The first kappa shape index (κ1) is 16.2. The molecule has 0 aliphatic rings. The molecule has 1 rings (SSSR count). The molecule has 3 nitrogen and oxygen atoms in total. The molecule has 0 aliphatic carbocycles. The number of hydrogen-bond acceptors (Lipinski definition) is 2. The van der Waals surface area contributed by atoms with E-state index in [1.165, 1.54) is 18.4 Å². The second kappa shape index (κ2) is 7.09. The van der Waals surface area contributed by atoms with E-state index < -0.39 is 0 Å². The molecule has 1 aromatic heterocycles. The molecule has 0 saturated carbocycles. The van der Waals surface area contributed by atoms with Crippen LogP contribution >= 0.6 is 0 Å². The lowest BCUT2D eigenvalue weighted by molar-refractivity contribution is 0.222. The number of nitrogens with one attached hydrogen (secondary N) is 1. The number of aryl methyl sites for hydroxylation is 1. The molecule has 0 fully saturated rings. The van der Waals surface area contributed by atoms with Gasteiger partial charge in [-0.15, -0.1) is 0 Å². The van der Waals surface area contributed by atoms with E-state index >= 15 is 0 Å². The first-order chi connectivity index (χ1) is 8.82. The molecule has 19 heavy (non-hydrogen) atoms. The fourth-order valence-electron chi connectivity index (χ4n) is 2.23. The van der Waals surface area contributed by atoms with Gasteiger partial charge in [0.25, 0.3) is 0 Å². The summed E-state index contributed by atoms with van der Waals surface area (Å²) < 4.78 is 1.89. The Morgan fingerprint density at radius 2 is 2.05 bits per heavy atom. The van der Waals surface area contributed by atoms with Crippen molar-refractivity contribution in [1.82, 2.24) is 15.1 Å². The van der Waals surface area contributed by atoms with Crippen LogP contribution in [0.4, 0.5) is 0 Å². The van der Waals surface area contributed by atoms with Crippen molar-refractivity contribution in [2.24, 2.45) is 18.4 Å². The van der Waals surface area contributed by atoms with Crippen molar-refractivity contribution in [3.05, 3.63) is 18.0 Å². The van der Waals surface area contributed by atoms with Crippen LogP contribution in [0.2, 0.25) is 0 Å². The molecule has 0 bridgehead atoms. The Labute approximate surface area is 118 Å². The minimum Gasteiger partial charge on any atom is -0.314 e. The number of nitrogens with zero attached hydrogens (tertiary/aromatic N) is 2. The molecule has 1 N–H and O–H groups in total. The molecule has 1 aromatic rings. The van der Waals surface area contributed by atoms with Crippen molar-refractivity contribution < 1.29 is 0 Å². The van der Waals surface area contributed by atoms with Crippen LogP contribution in [0.3, 0.4) is 0 Å². The van der Waals surface area contributed by atoms with E-state index in [4.69, 9.17) is 0 Å². The normalized spacial score (nSPS) is 15.5. The summed E-state index contributed by atoms with van der Waals surface area (Å²) in [6.45, 7) is 12.7. The van der Waals surface area contributed by atoms with Crippen LogP contribution in [0.5, 0.6) is 0 Å². The Morgan fingerprint density at radius 1 is 1.37 bits per heavy atom. The molecule has 2 unspecified atom stereocenters. The number of hydrogen-bond donors (Lipinski definition) is 1. The highest BCUT2D eigenvalue weighted by Gasteiger charge is 2.23. The topological polar surface area (TPSA) is 29.9 Å². The monoisotopic (exact) mass is 265 g/mol. The maximum Gasteiger partial charge on any atom is 0.0522 e. The van der Waals surface area contributed by atoms with E-state index in [9.17, 15) is 0 Å². The third-order valence-electron chi connectivity index (χ3n) is 4.04. The van der Waals surface area contributed by atoms with E-state index in [0.717, 1.165) is 13.0 Å². The fourth-order valence-corrected chi connectivity index (χ4v) is 2.23. The van der Waals surface area contributed by atoms with Crippen molar-refractivity contribution in [1.29, 1.82) is 0 Å². The summed E-state index contributed by atoms with van der Waals surface area (Å²) in [5.74, 6) is 0.707. The molecular weight excluding hydrogens is 234 g/mol. The second-order valence-electron chi connectivity index (χ2n) is 6.88. The Hall–Kier alpha value is -0.830. The zero-order valence-electron chi connectivity index (χ0n) is 13.5. The van der Waals surface area contributed by atoms with E-state index in [-0.39, 0.29) is 0 Å². The van der Waals surface area contributed by atoms with Gasteiger partial charge in [-0.25, -0.2) is 0 Å². The predicted molar refractivity (Wildman–Crippen MR) is 82.2 cm³/mol. The van der Waals surface area contributed by atoms with E-state index in [2.05, 4.69) is 51.2 Å². The van der Waals surface area contributed by atoms with Crippen LogP contribution < -0.4 is 5.32 Å². The van der Waals surface area contributed by atoms with Gasteiger partial charge in [0, 0.05) is 19.3 Å². The van der Waals surface area contributed by atoms with Crippen LogP contribution in [0, 0.1) is 11.3 Å². The van der Waals surface area contributed by atoms with Gasteiger partial charge in [0.15, 0.2) is 0 Å². The molecule has 3 heteroatoms. The SMILES string of the molecule is CCCNC(Cc1cnn(C)c1)CC(C)C(C)(C)C. The maximum atomic E-state index is 4.27. The Kier molecular flexibility index (Phi) is 6.05. The first-order valence-electron chi connectivity index (χ1n) is 7.53. The maximum absolute atomic E-state index is 4.27. The minimum absolute atomic E-state index is 0.376. The highest BCUT2D eigenvalue weighted by Crippen LogP contribution is 2.29. The highest BCUT2D eigenvalue weighted by molar-refractivity contribution is 5.06. The van der Waals surface area contributed by atoms with Crippen LogP contribution in [0.1, 0.15) is 53.0 Å². The average molecular weight is 265 g/mol. The first-order valence-corrected chi connectivity index (χ1v) is 7.53. The van der Waals surface area contributed by atoms with Gasteiger partial charge in [0.05, 0.1) is 6.20 Å². The predicted octanol–water partition coefficient (Wildman–Crippen LogP) is 3.40. The van der Waals surface area contributed by atoms with Gasteiger partial charge >= 0.3 is 0 Å². The molecular formula is C16H31N3. The summed E-state index contributed by atoms with van der Waals surface area (Å²) in [4.78, 5) is 0. The summed E-state index contributed by atoms with van der Waals surface area (Å²) in [5, 5.41) is 7.96. The van der Waals surface area contributed by atoms with Gasteiger partial charge in [-0.1, -0.05) is 34.6 Å². The lowest BCUT2D eigenvalue weighted by atomic mass is 9.78. The molecule has 0 aliphatic heterocycles. The molecule has 2 atom stereocenters. The smallest absolute Gasteiger partial charge is 0.0522 e. The standard InChI is InChI=1S/C16H31N3/c1-7-8-17-15(9-13(2)16(3,4)5)10-14-11-18-19(6)12-14/h11-13,15,17H,7-10H2,1-6H3. The minimum atomic E-state index is 0.376. The molecule has 0 radical (unpaired) electrons. The largest absolute Gasteiger partial charge is 0.314 e. The van der Waals surface area contributed by atoms with E-state index in [1.807, 2.05) is 17.9 Å². The van der Waals surface area contributed by atoms with Gasteiger partial charge in [0.1, 0.15) is 0 Å². The van der Waals surface area contributed by atoms with E-state index in [0.29, 0.717) is 17.4 Å². The number of aromatic nitrogens is 2. The van der Waals surface area contributed by atoms with E-state index in [1.54, 1.807) is 0 Å². The van der Waals surface area contributed by atoms with Crippen LogP contribution in [-0.4, -0.2) is 22.4 Å². The highest BCUT2D eigenvalue weighted by atomic mass is 15.2. The zero-order chi connectivity index (χ0) is 14.5. The average Bonchev–Trinajstić information content (AvgIpc) is 2.70. The Balaban J connectivity index is 2.61. The van der Waals surface area contributed by atoms with Crippen molar-refractivity contribution in [2.45, 2.75) is 59.9 Å².